The third-order valence-electron chi connectivity index (χ3n) is 0.820. The molecule has 0 aliphatic heterocycles. The van der Waals surface area contributed by atoms with Crippen molar-refractivity contribution < 1.29 is 23.9 Å². The molecule has 0 aliphatic rings. The summed E-state index contributed by atoms with van der Waals surface area (Å²) in [6.07, 6.45) is -1.14. The van der Waals surface area contributed by atoms with Gasteiger partial charge in [0, 0.05) is 7.05 Å². The number of amides is 1. The smallest absolute Gasteiger partial charge is 0.406 e. The zero-order valence-corrected chi connectivity index (χ0v) is 6.88. The van der Waals surface area contributed by atoms with Gasteiger partial charge in [0.1, 0.15) is 6.61 Å². The molecular formula is C4H10NO5P. The Bertz CT molecular complexity index is 175. The highest BCUT2D eigenvalue weighted by Crippen LogP contribution is 2.33. The minimum atomic E-state index is -4.04. The minimum Gasteiger partial charge on any atom is -0.449 e. The average molecular weight is 183 g/mol. The van der Waals surface area contributed by atoms with Crippen molar-refractivity contribution in [3.63, 3.8) is 0 Å². The lowest BCUT2D eigenvalue weighted by Gasteiger charge is -2.04. The van der Waals surface area contributed by atoms with Gasteiger partial charge in [0.05, 0.1) is 6.16 Å². The van der Waals surface area contributed by atoms with Gasteiger partial charge in [0.2, 0.25) is 0 Å². The van der Waals surface area contributed by atoms with Crippen LogP contribution in [0.4, 0.5) is 4.79 Å². The summed E-state index contributed by atoms with van der Waals surface area (Å²) in [7, 11) is -2.68. The van der Waals surface area contributed by atoms with Gasteiger partial charge in [0.25, 0.3) is 0 Å². The highest BCUT2D eigenvalue weighted by Gasteiger charge is 2.13. The van der Waals surface area contributed by atoms with E-state index >= 15 is 0 Å². The van der Waals surface area contributed by atoms with Crippen LogP contribution in [-0.2, 0) is 9.30 Å². The van der Waals surface area contributed by atoms with Gasteiger partial charge >= 0.3 is 13.7 Å². The maximum absolute atomic E-state index is 10.3. The largest absolute Gasteiger partial charge is 0.449 e. The molecule has 0 aromatic carbocycles. The van der Waals surface area contributed by atoms with Crippen LogP contribution in [0.5, 0.6) is 0 Å². The number of alkyl carbamates (subject to hydrolysis) is 1. The van der Waals surface area contributed by atoms with Crippen LogP contribution in [0.25, 0.3) is 0 Å². The van der Waals surface area contributed by atoms with E-state index in [2.05, 4.69) is 10.1 Å². The fourth-order valence-corrected chi connectivity index (χ4v) is 0.659. The molecule has 0 aliphatic carbocycles. The summed E-state index contributed by atoms with van der Waals surface area (Å²) >= 11 is 0. The summed E-state index contributed by atoms with van der Waals surface area (Å²) in [6.45, 7) is -0.274. The number of hydrogen-bond donors (Lipinski definition) is 3. The standard InChI is InChI=1S/C4H10NO5P/c1-5-4(6)10-2-3-11(7,8)9/h2-3H2,1H3,(H,5,6)(H2,7,8,9). The summed E-state index contributed by atoms with van der Waals surface area (Å²) in [5.41, 5.74) is 0. The Balaban J connectivity index is 3.43. The summed E-state index contributed by atoms with van der Waals surface area (Å²) in [5, 5.41) is 2.14. The van der Waals surface area contributed by atoms with Gasteiger partial charge < -0.3 is 19.8 Å². The lowest BCUT2D eigenvalue weighted by atomic mass is 10.8. The van der Waals surface area contributed by atoms with Gasteiger partial charge in [-0.3, -0.25) is 4.57 Å². The average Bonchev–Trinajstić information content (AvgIpc) is 1.85. The van der Waals surface area contributed by atoms with Crippen LogP contribution in [0.2, 0.25) is 0 Å². The zero-order chi connectivity index (χ0) is 8.91. The molecule has 0 saturated heterocycles. The van der Waals surface area contributed by atoms with Crippen LogP contribution in [-0.4, -0.2) is 35.7 Å². The molecule has 0 unspecified atom stereocenters. The predicted molar refractivity (Wildman–Crippen MR) is 37.3 cm³/mol. The Hall–Kier alpha value is -0.580. The first-order chi connectivity index (χ1) is 4.95. The highest BCUT2D eigenvalue weighted by molar-refractivity contribution is 7.51. The Morgan fingerprint density at radius 3 is 2.55 bits per heavy atom. The topological polar surface area (TPSA) is 95.9 Å². The first-order valence-electron chi connectivity index (χ1n) is 2.85. The third kappa shape index (κ3) is 7.32. The molecule has 0 radical (unpaired) electrons. The molecule has 0 rings (SSSR count). The van der Waals surface area contributed by atoms with E-state index in [1.807, 2.05) is 0 Å². The fraction of sp³-hybridized carbons (Fsp3) is 0.750. The molecule has 3 N–H and O–H groups in total. The molecule has 0 heterocycles. The van der Waals surface area contributed by atoms with Crippen molar-refractivity contribution in [2.75, 3.05) is 19.8 Å². The second-order valence-electron chi connectivity index (χ2n) is 1.77. The number of rotatable bonds is 3. The molecule has 0 aromatic heterocycles. The van der Waals surface area contributed by atoms with E-state index in [4.69, 9.17) is 9.79 Å². The van der Waals surface area contributed by atoms with E-state index in [0.717, 1.165) is 0 Å². The third-order valence-corrected chi connectivity index (χ3v) is 1.59. The van der Waals surface area contributed by atoms with Crippen molar-refractivity contribution >= 4 is 13.7 Å². The molecule has 11 heavy (non-hydrogen) atoms. The van der Waals surface area contributed by atoms with Crippen LogP contribution < -0.4 is 5.32 Å². The van der Waals surface area contributed by atoms with E-state index in [9.17, 15) is 9.36 Å². The minimum absolute atomic E-state index is 0.274. The summed E-state index contributed by atoms with van der Waals surface area (Å²) < 4.78 is 14.5. The van der Waals surface area contributed by atoms with Crippen molar-refractivity contribution in [2.45, 2.75) is 0 Å². The van der Waals surface area contributed by atoms with Crippen LogP contribution >= 0.6 is 7.60 Å². The first kappa shape index (κ1) is 10.4. The second kappa shape index (κ2) is 4.33. The maximum Gasteiger partial charge on any atom is 0.406 e. The van der Waals surface area contributed by atoms with Crippen molar-refractivity contribution in [1.82, 2.24) is 5.32 Å². The van der Waals surface area contributed by atoms with Gasteiger partial charge in [-0.1, -0.05) is 0 Å². The van der Waals surface area contributed by atoms with Gasteiger partial charge in [-0.2, -0.15) is 0 Å². The maximum atomic E-state index is 10.3. The molecule has 0 fully saturated rings. The zero-order valence-electron chi connectivity index (χ0n) is 5.98. The van der Waals surface area contributed by atoms with Gasteiger partial charge in [-0.25, -0.2) is 4.79 Å². The van der Waals surface area contributed by atoms with Gasteiger partial charge in [0.15, 0.2) is 0 Å². The van der Waals surface area contributed by atoms with E-state index < -0.39 is 19.9 Å². The molecule has 1 amide bonds. The first-order valence-corrected chi connectivity index (χ1v) is 4.64. The van der Waals surface area contributed by atoms with Gasteiger partial charge in [-0.05, 0) is 0 Å². The number of carbonyl (C=O) groups is 1. The molecule has 0 bridgehead atoms. The Labute approximate surface area is 63.7 Å². The SMILES string of the molecule is CNC(=O)OCCP(=O)(O)O. The molecule has 0 atom stereocenters. The number of hydrogen-bond acceptors (Lipinski definition) is 3. The van der Waals surface area contributed by atoms with Crippen LogP contribution in [0, 0.1) is 0 Å². The monoisotopic (exact) mass is 183 g/mol. The molecule has 7 heteroatoms. The summed E-state index contributed by atoms with van der Waals surface area (Å²) in [4.78, 5) is 26.9. The van der Waals surface area contributed by atoms with Crippen molar-refractivity contribution in [1.29, 1.82) is 0 Å². The normalized spacial score (nSPS) is 10.8. The van der Waals surface area contributed by atoms with Gasteiger partial charge in [-0.15, -0.1) is 0 Å². The molecule has 66 valence electrons. The second-order valence-corrected chi connectivity index (χ2v) is 3.55. The van der Waals surface area contributed by atoms with Crippen molar-refractivity contribution in [3.8, 4) is 0 Å². The van der Waals surface area contributed by atoms with Crippen LogP contribution in [0.3, 0.4) is 0 Å². The summed E-state index contributed by atoms with van der Waals surface area (Å²) in [5.74, 6) is 0. The molecule has 0 saturated carbocycles. The molecule has 6 nitrogen and oxygen atoms in total. The molecular weight excluding hydrogens is 173 g/mol. The van der Waals surface area contributed by atoms with Crippen molar-refractivity contribution in [3.05, 3.63) is 0 Å². The summed E-state index contributed by atoms with van der Waals surface area (Å²) in [6, 6.07) is 0. The Morgan fingerprint density at radius 2 is 2.18 bits per heavy atom. The highest BCUT2D eigenvalue weighted by atomic mass is 31.2. The molecule has 0 spiro atoms. The quantitative estimate of drug-likeness (QED) is 0.513. The van der Waals surface area contributed by atoms with E-state index in [1.165, 1.54) is 7.05 Å². The number of ether oxygens (including phenoxy) is 1. The Morgan fingerprint density at radius 1 is 1.64 bits per heavy atom. The Kier molecular flexibility index (Phi) is 4.10. The van der Waals surface area contributed by atoms with E-state index in [0.29, 0.717) is 0 Å². The molecule has 0 aromatic rings. The van der Waals surface area contributed by atoms with Crippen molar-refractivity contribution in [2.24, 2.45) is 0 Å². The lowest BCUT2D eigenvalue weighted by molar-refractivity contribution is 0.153. The lowest BCUT2D eigenvalue weighted by Crippen LogP contribution is -2.20. The van der Waals surface area contributed by atoms with Crippen LogP contribution in [0.1, 0.15) is 0 Å². The van der Waals surface area contributed by atoms with E-state index in [1.54, 1.807) is 0 Å². The number of nitrogens with one attached hydrogen (secondary N) is 1. The number of carbonyl (C=O) groups excluding carboxylic acids is 1. The van der Waals surface area contributed by atoms with Crippen LogP contribution in [0.15, 0.2) is 0 Å². The predicted octanol–water partition coefficient (Wildman–Crippen LogP) is -0.480. The van der Waals surface area contributed by atoms with E-state index in [-0.39, 0.29) is 6.61 Å². The fourth-order valence-electron chi connectivity index (χ4n) is 0.329.